The molecule has 3 nitrogen and oxygen atoms in total. The monoisotopic (exact) mass is 499 g/mol. The number of anilines is 3. The van der Waals surface area contributed by atoms with E-state index in [1.54, 1.807) is 35.6 Å². The molecule has 0 amide bonds. The molecule has 2 radical (unpaired) electrons. The molecule has 0 spiro atoms. The van der Waals surface area contributed by atoms with Crippen LogP contribution in [0.1, 0.15) is 75.9 Å². The summed E-state index contributed by atoms with van der Waals surface area (Å²) in [5.74, 6) is -0.0800. The highest BCUT2D eigenvalue weighted by Crippen LogP contribution is 2.55. The SMILES string of the molecule is [B]c1ccc2c(c1)C(=O)/C(=C/c1cc3c(s1)N(c1ccccc1)c1ccc(C(C)C)cc1C3(C)C)C2=O. The van der Waals surface area contributed by atoms with E-state index < -0.39 is 0 Å². The van der Waals surface area contributed by atoms with Crippen LogP contribution in [0.2, 0.25) is 0 Å². The molecule has 5 heteroatoms. The number of nitrogens with zero attached hydrogens (tertiary/aromatic N) is 1. The third-order valence-corrected chi connectivity index (χ3v) is 8.60. The standard InChI is InChI=1S/C32H26BNO2S/c1-18(2)19-10-13-28-26(14-19)32(3,4)27-17-22(37-31(27)34(28)21-8-6-5-7-9-21)16-25-29(35)23-12-11-20(33)15-24(23)30(25)36/h5-18H,1-4H3/b25-16+. The van der Waals surface area contributed by atoms with Gasteiger partial charge >= 0.3 is 0 Å². The minimum Gasteiger partial charge on any atom is -0.301 e. The smallest absolute Gasteiger partial charge is 0.197 e. The van der Waals surface area contributed by atoms with Gasteiger partial charge in [0.05, 0.1) is 11.3 Å². The first-order chi connectivity index (χ1) is 17.7. The van der Waals surface area contributed by atoms with Gasteiger partial charge in [0, 0.05) is 27.1 Å². The van der Waals surface area contributed by atoms with Gasteiger partial charge in [0.15, 0.2) is 11.6 Å². The number of ketones is 2. The van der Waals surface area contributed by atoms with E-state index in [-0.39, 0.29) is 22.6 Å². The number of benzene rings is 3. The van der Waals surface area contributed by atoms with Crippen molar-refractivity contribution in [1.29, 1.82) is 0 Å². The van der Waals surface area contributed by atoms with Crippen molar-refractivity contribution < 1.29 is 9.59 Å². The number of Topliss-reactive ketones (excluding diaryl/α,β-unsaturated/α-hetero) is 2. The molecule has 3 aromatic carbocycles. The molecule has 37 heavy (non-hydrogen) atoms. The second-order valence-corrected chi connectivity index (χ2v) is 11.7. The molecule has 0 bridgehead atoms. The van der Waals surface area contributed by atoms with Crippen LogP contribution in [0.4, 0.5) is 16.4 Å². The number of thiophene rings is 1. The molecule has 6 rings (SSSR count). The molecule has 1 aliphatic heterocycles. The van der Waals surface area contributed by atoms with E-state index in [1.807, 2.05) is 18.2 Å². The second-order valence-electron chi connectivity index (χ2n) is 10.6. The zero-order chi connectivity index (χ0) is 26.1. The number of hydrogen-bond acceptors (Lipinski definition) is 4. The Morgan fingerprint density at radius 2 is 1.59 bits per heavy atom. The largest absolute Gasteiger partial charge is 0.301 e. The van der Waals surface area contributed by atoms with Crippen LogP contribution in [0.3, 0.4) is 0 Å². The van der Waals surface area contributed by atoms with E-state index in [2.05, 4.69) is 69.0 Å². The van der Waals surface area contributed by atoms with Crippen LogP contribution < -0.4 is 10.4 Å². The summed E-state index contributed by atoms with van der Waals surface area (Å²) < 4.78 is 0. The fourth-order valence-corrected chi connectivity index (χ4v) is 6.69. The summed E-state index contributed by atoms with van der Waals surface area (Å²) in [5.41, 5.74) is 7.22. The molecular formula is C32H26BNO2S. The molecular weight excluding hydrogens is 473 g/mol. The number of para-hydroxylation sites is 1. The Balaban J connectivity index is 1.53. The van der Waals surface area contributed by atoms with Crippen molar-refractivity contribution in [2.45, 2.75) is 39.0 Å². The molecule has 0 unspecified atom stereocenters. The quantitative estimate of drug-likeness (QED) is 0.169. The lowest BCUT2D eigenvalue weighted by Crippen LogP contribution is -2.29. The molecule has 0 saturated carbocycles. The molecule has 2 aliphatic rings. The Hall–Kier alpha value is -3.70. The summed E-state index contributed by atoms with van der Waals surface area (Å²) >= 11 is 1.61. The summed E-state index contributed by atoms with van der Waals surface area (Å²) in [6.07, 6.45) is 1.76. The molecule has 180 valence electrons. The Kier molecular flexibility index (Phi) is 5.39. The summed E-state index contributed by atoms with van der Waals surface area (Å²) in [6, 6.07) is 24.2. The van der Waals surface area contributed by atoms with E-state index in [4.69, 9.17) is 7.85 Å². The molecule has 2 heterocycles. The van der Waals surface area contributed by atoms with Crippen LogP contribution in [0.25, 0.3) is 6.08 Å². The Morgan fingerprint density at radius 1 is 0.865 bits per heavy atom. The topological polar surface area (TPSA) is 37.4 Å². The van der Waals surface area contributed by atoms with Gasteiger partial charge in [-0.25, -0.2) is 0 Å². The Morgan fingerprint density at radius 3 is 2.32 bits per heavy atom. The highest BCUT2D eigenvalue weighted by Gasteiger charge is 2.39. The normalized spacial score (nSPS) is 16.8. The lowest BCUT2D eigenvalue weighted by Gasteiger charge is -2.40. The Labute approximate surface area is 222 Å². The zero-order valence-electron chi connectivity index (χ0n) is 21.3. The lowest BCUT2D eigenvalue weighted by atomic mass is 9.74. The van der Waals surface area contributed by atoms with Crippen molar-refractivity contribution in [3.63, 3.8) is 0 Å². The average molecular weight is 499 g/mol. The minimum atomic E-state index is -0.261. The fourth-order valence-electron chi connectivity index (χ4n) is 5.40. The molecule has 0 N–H and O–H groups in total. The van der Waals surface area contributed by atoms with Gasteiger partial charge in [0.2, 0.25) is 0 Å². The number of fused-ring (bicyclic) bond motifs is 3. The summed E-state index contributed by atoms with van der Waals surface area (Å²) in [5, 5.41) is 1.10. The van der Waals surface area contributed by atoms with Crippen LogP contribution in [-0.4, -0.2) is 19.4 Å². The van der Waals surface area contributed by atoms with Gasteiger partial charge in [0.25, 0.3) is 0 Å². The van der Waals surface area contributed by atoms with E-state index in [0.29, 0.717) is 22.5 Å². The van der Waals surface area contributed by atoms with Gasteiger partial charge in [-0.1, -0.05) is 81.7 Å². The van der Waals surface area contributed by atoms with Crippen LogP contribution in [0, 0.1) is 0 Å². The highest BCUT2D eigenvalue weighted by molar-refractivity contribution is 7.17. The molecule has 0 atom stereocenters. The first kappa shape index (κ1) is 23.7. The lowest BCUT2D eigenvalue weighted by molar-refractivity contribution is 0.0990. The number of carbonyl (C=O) groups excluding carboxylic acids is 2. The van der Waals surface area contributed by atoms with Crippen LogP contribution in [0.15, 0.2) is 78.4 Å². The van der Waals surface area contributed by atoms with E-state index in [9.17, 15) is 9.59 Å². The van der Waals surface area contributed by atoms with Crippen molar-refractivity contribution in [3.05, 3.63) is 111 Å². The number of carbonyl (C=O) groups is 2. The summed E-state index contributed by atoms with van der Waals surface area (Å²) in [4.78, 5) is 29.5. The maximum atomic E-state index is 13.1. The molecule has 0 fully saturated rings. The minimum absolute atomic E-state index is 0.197. The van der Waals surface area contributed by atoms with Crippen molar-refractivity contribution >= 4 is 58.7 Å². The van der Waals surface area contributed by atoms with Crippen molar-refractivity contribution in [1.82, 2.24) is 0 Å². The van der Waals surface area contributed by atoms with Gasteiger partial charge < -0.3 is 4.90 Å². The molecule has 1 aliphatic carbocycles. The molecule has 1 aromatic heterocycles. The average Bonchev–Trinajstić information content (AvgIpc) is 3.40. The maximum Gasteiger partial charge on any atom is 0.197 e. The Bertz CT molecular complexity index is 1630. The third-order valence-electron chi connectivity index (χ3n) is 7.53. The number of rotatable bonds is 3. The number of allylic oxidation sites excluding steroid dienone is 1. The first-order valence-corrected chi connectivity index (χ1v) is 13.3. The molecule has 4 aromatic rings. The van der Waals surface area contributed by atoms with Crippen molar-refractivity contribution in [2.75, 3.05) is 4.90 Å². The second kappa shape index (κ2) is 8.42. The van der Waals surface area contributed by atoms with E-state index in [1.165, 1.54) is 16.7 Å². The predicted octanol–water partition coefficient (Wildman–Crippen LogP) is 7.24. The summed E-state index contributed by atoms with van der Waals surface area (Å²) in [7, 11) is 5.89. The van der Waals surface area contributed by atoms with Crippen molar-refractivity contribution in [3.8, 4) is 0 Å². The zero-order valence-corrected chi connectivity index (χ0v) is 22.1. The highest BCUT2D eigenvalue weighted by atomic mass is 32.1. The number of hydrogen-bond donors (Lipinski definition) is 0. The van der Waals surface area contributed by atoms with Crippen LogP contribution in [0.5, 0.6) is 0 Å². The van der Waals surface area contributed by atoms with Crippen LogP contribution >= 0.6 is 11.3 Å². The van der Waals surface area contributed by atoms with Gasteiger partial charge in [-0.2, -0.15) is 0 Å². The first-order valence-electron chi connectivity index (χ1n) is 12.5. The van der Waals surface area contributed by atoms with E-state index >= 15 is 0 Å². The van der Waals surface area contributed by atoms with Crippen molar-refractivity contribution in [2.24, 2.45) is 0 Å². The van der Waals surface area contributed by atoms with Crippen LogP contribution in [-0.2, 0) is 5.41 Å². The van der Waals surface area contributed by atoms with Gasteiger partial charge in [-0.3, -0.25) is 9.59 Å². The molecule has 0 saturated heterocycles. The van der Waals surface area contributed by atoms with Gasteiger partial charge in [-0.05, 0) is 52.9 Å². The fraction of sp³-hybridized carbons (Fsp3) is 0.188. The maximum absolute atomic E-state index is 13.1. The third kappa shape index (κ3) is 3.64. The summed E-state index contributed by atoms with van der Waals surface area (Å²) in [6.45, 7) is 8.94. The predicted molar refractivity (Wildman–Crippen MR) is 154 cm³/mol. The van der Waals surface area contributed by atoms with Gasteiger partial charge in [-0.15, -0.1) is 11.3 Å². The van der Waals surface area contributed by atoms with E-state index in [0.717, 1.165) is 21.3 Å². The van der Waals surface area contributed by atoms with Gasteiger partial charge in [0.1, 0.15) is 12.8 Å².